The molecule has 1 fully saturated rings. The maximum atomic E-state index is 4.84. The van der Waals surface area contributed by atoms with Crippen molar-refractivity contribution in [3.05, 3.63) is 16.1 Å². The average molecular weight is 310 g/mol. The third-order valence-corrected chi connectivity index (χ3v) is 5.31. The van der Waals surface area contributed by atoms with Gasteiger partial charge in [0.15, 0.2) is 0 Å². The molecule has 1 N–H and O–H groups in total. The summed E-state index contributed by atoms with van der Waals surface area (Å²) in [7, 11) is 0. The van der Waals surface area contributed by atoms with E-state index in [0.29, 0.717) is 6.04 Å². The molecule has 21 heavy (non-hydrogen) atoms. The first-order valence-electron chi connectivity index (χ1n) is 8.25. The Balaban J connectivity index is 1.86. The van der Waals surface area contributed by atoms with Crippen molar-refractivity contribution >= 4 is 11.3 Å². The Labute approximate surface area is 134 Å². The molecule has 2 heterocycles. The fourth-order valence-electron chi connectivity index (χ4n) is 2.82. The zero-order valence-electron chi connectivity index (χ0n) is 14.3. The summed E-state index contributed by atoms with van der Waals surface area (Å²) in [6.45, 7) is 15.8. The van der Waals surface area contributed by atoms with E-state index in [1.54, 1.807) is 0 Å². The standard InChI is InChI=1S/C17H31N3S/c1-13(2)18-9-14-7-6-8-20(10-14)11-15-12-21-16(19-15)17(3,4)5/h12-14,18H,6-11H2,1-5H3. The zero-order valence-corrected chi connectivity index (χ0v) is 15.1. The maximum Gasteiger partial charge on any atom is 0.0982 e. The third-order valence-electron chi connectivity index (χ3n) is 4.00. The van der Waals surface area contributed by atoms with Gasteiger partial charge in [0.05, 0.1) is 10.7 Å². The second-order valence-corrected chi connectivity index (χ2v) is 8.56. The number of nitrogens with one attached hydrogen (secondary N) is 1. The largest absolute Gasteiger partial charge is 0.314 e. The van der Waals surface area contributed by atoms with Gasteiger partial charge in [-0.3, -0.25) is 4.90 Å². The van der Waals surface area contributed by atoms with Crippen LogP contribution in [0.25, 0.3) is 0 Å². The fourth-order valence-corrected chi connectivity index (χ4v) is 3.72. The number of hydrogen-bond acceptors (Lipinski definition) is 4. The van der Waals surface area contributed by atoms with Crippen LogP contribution in [0.1, 0.15) is 58.2 Å². The summed E-state index contributed by atoms with van der Waals surface area (Å²) >= 11 is 1.81. The van der Waals surface area contributed by atoms with Gasteiger partial charge in [-0.15, -0.1) is 11.3 Å². The van der Waals surface area contributed by atoms with Crippen molar-refractivity contribution in [3.63, 3.8) is 0 Å². The molecule has 1 unspecified atom stereocenters. The summed E-state index contributed by atoms with van der Waals surface area (Å²) < 4.78 is 0. The summed E-state index contributed by atoms with van der Waals surface area (Å²) in [4.78, 5) is 7.42. The molecular weight excluding hydrogens is 278 g/mol. The van der Waals surface area contributed by atoms with E-state index < -0.39 is 0 Å². The minimum atomic E-state index is 0.175. The third kappa shape index (κ3) is 5.35. The van der Waals surface area contributed by atoms with Crippen LogP contribution in [-0.4, -0.2) is 35.6 Å². The lowest BCUT2D eigenvalue weighted by molar-refractivity contribution is 0.162. The first-order valence-corrected chi connectivity index (χ1v) is 9.13. The Kier molecular flexibility index (Phi) is 5.81. The van der Waals surface area contributed by atoms with Crippen molar-refractivity contribution in [2.75, 3.05) is 19.6 Å². The lowest BCUT2D eigenvalue weighted by Crippen LogP contribution is -2.40. The molecule has 0 aliphatic carbocycles. The van der Waals surface area contributed by atoms with Crippen LogP contribution in [0, 0.1) is 5.92 Å². The molecule has 2 rings (SSSR count). The van der Waals surface area contributed by atoms with E-state index in [-0.39, 0.29) is 5.41 Å². The average Bonchev–Trinajstić information content (AvgIpc) is 2.85. The van der Waals surface area contributed by atoms with Crippen LogP contribution < -0.4 is 5.32 Å². The van der Waals surface area contributed by atoms with E-state index in [2.05, 4.69) is 50.2 Å². The highest BCUT2D eigenvalue weighted by molar-refractivity contribution is 7.09. The van der Waals surface area contributed by atoms with Crippen LogP contribution >= 0.6 is 11.3 Å². The van der Waals surface area contributed by atoms with Gasteiger partial charge in [0, 0.05) is 29.9 Å². The molecule has 0 bridgehead atoms. The number of nitrogens with zero attached hydrogens (tertiary/aromatic N) is 2. The summed E-state index contributed by atoms with van der Waals surface area (Å²) in [5, 5.41) is 7.09. The number of rotatable bonds is 5. The van der Waals surface area contributed by atoms with E-state index in [4.69, 9.17) is 4.98 Å². The van der Waals surface area contributed by atoms with Crippen molar-refractivity contribution in [1.29, 1.82) is 0 Å². The molecule has 0 saturated carbocycles. The van der Waals surface area contributed by atoms with Gasteiger partial charge in [0.1, 0.15) is 0 Å². The van der Waals surface area contributed by atoms with Gasteiger partial charge in [-0.2, -0.15) is 0 Å². The lowest BCUT2D eigenvalue weighted by atomic mass is 9.97. The van der Waals surface area contributed by atoms with Crippen molar-refractivity contribution in [1.82, 2.24) is 15.2 Å². The predicted molar refractivity (Wildman–Crippen MR) is 92.0 cm³/mol. The second kappa shape index (κ2) is 7.21. The molecule has 0 radical (unpaired) electrons. The minimum absolute atomic E-state index is 0.175. The van der Waals surface area contributed by atoms with Crippen LogP contribution in [0.15, 0.2) is 5.38 Å². The van der Waals surface area contributed by atoms with E-state index in [0.717, 1.165) is 19.0 Å². The molecule has 3 nitrogen and oxygen atoms in total. The molecule has 1 aliphatic rings. The smallest absolute Gasteiger partial charge is 0.0982 e. The number of aromatic nitrogens is 1. The van der Waals surface area contributed by atoms with Gasteiger partial charge in [-0.1, -0.05) is 34.6 Å². The predicted octanol–water partition coefficient (Wildman–Crippen LogP) is 3.65. The molecule has 0 aromatic carbocycles. The number of likely N-dealkylation sites (tertiary alicyclic amines) is 1. The van der Waals surface area contributed by atoms with Crippen LogP contribution in [0.4, 0.5) is 0 Å². The molecule has 1 aromatic heterocycles. The van der Waals surface area contributed by atoms with Crippen LogP contribution in [0.2, 0.25) is 0 Å². The Morgan fingerprint density at radius 3 is 2.81 bits per heavy atom. The SMILES string of the molecule is CC(C)NCC1CCCN(Cc2csc(C(C)(C)C)n2)C1. The maximum absolute atomic E-state index is 4.84. The van der Waals surface area contributed by atoms with E-state index in [1.165, 1.54) is 36.6 Å². The highest BCUT2D eigenvalue weighted by Crippen LogP contribution is 2.26. The summed E-state index contributed by atoms with van der Waals surface area (Å²) in [6, 6.07) is 0.591. The number of thiazole rings is 1. The quantitative estimate of drug-likeness (QED) is 0.900. The molecular formula is C17H31N3S. The summed E-state index contributed by atoms with van der Waals surface area (Å²) in [6.07, 6.45) is 2.68. The Morgan fingerprint density at radius 2 is 2.19 bits per heavy atom. The number of hydrogen-bond donors (Lipinski definition) is 1. The molecule has 0 spiro atoms. The first kappa shape index (κ1) is 16.9. The highest BCUT2D eigenvalue weighted by Gasteiger charge is 2.22. The fraction of sp³-hybridized carbons (Fsp3) is 0.824. The van der Waals surface area contributed by atoms with Crippen LogP contribution in [0.3, 0.4) is 0 Å². The van der Waals surface area contributed by atoms with Crippen LogP contribution in [0.5, 0.6) is 0 Å². The van der Waals surface area contributed by atoms with Gasteiger partial charge in [0.2, 0.25) is 0 Å². The van der Waals surface area contributed by atoms with Gasteiger partial charge in [-0.25, -0.2) is 4.98 Å². The monoisotopic (exact) mass is 309 g/mol. The van der Waals surface area contributed by atoms with Gasteiger partial charge in [-0.05, 0) is 31.8 Å². The molecule has 1 aromatic rings. The first-order chi connectivity index (χ1) is 9.84. The Bertz CT molecular complexity index is 433. The second-order valence-electron chi connectivity index (χ2n) is 7.70. The lowest BCUT2D eigenvalue weighted by Gasteiger charge is -2.32. The Morgan fingerprint density at radius 1 is 1.43 bits per heavy atom. The number of piperidine rings is 1. The van der Waals surface area contributed by atoms with Crippen LogP contribution in [-0.2, 0) is 12.0 Å². The molecule has 4 heteroatoms. The topological polar surface area (TPSA) is 28.2 Å². The van der Waals surface area contributed by atoms with Crippen molar-refractivity contribution in [2.45, 2.75) is 65.5 Å². The zero-order chi connectivity index (χ0) is 15.5. The highest BCUT2D eigenvalue weighted by atomic mass is 32.1. The molecule has 1 saturated heterocycles. The van der Waals surface area contributed by atoms with Gasteiger partial charge in [0.25, 0.3) is 0 Å². The van der Waals surface area contributed by atoms with E-state index in [1.807, 2.05) is 11.3 Å². The summed E-state index contributed by atoms with van der Waals surface area (Å²) in [5.41, 5.74) is 1.43. The van der Waals surface area contributed by atoms with Gasteiger partial charge >= 0.3 is 0 Å². The van der Waals surface area contributed by atoms with E-state index in [9.17, 15) is 0 Å². The van der Waals surface area contributed by atoms with Gasteiger partial charge < -0.3 is 5.32 Å². The van der Waals surface area contributed by atoms with Crippen molar-refractivity contribution in [3.8, 4) is 0 Å². The molecule has 0 amide bonds. The minimum Gasteiger partial charge on any atom is -0.314 e. The van der Waals surface area contributed by atoms with Crippen molar-refractivity contribution < 1.29 is 0 Å². The Hall–Kier alpha value is -0.450. The molecule has 120 valence electrons. The van der Waals surface area contributed by atoms with E-state index >= 15 is 0 Å². The molecule has 1 atom stereocenters. The molecule has 1 aliphatic heterocycles. The normalized spacial score (nSPS) is 21.1. The van der Waals surface area contributed by atoms with Crippen molar-refractivity contribution in [2.24, 2.45) is 5.92 Å². The summed E-state index contributed by atoms with van der Waals surface area (Å²) in [5.74, 6) is 0.793.